The Morgan fingerprint density at radius 1 is 1.33 bits per heavy atom. The van der Waals surface area contributed by atoms with Gasteiger partial charge < -0.3 is 5.32 Å². The van der Waals surface area contributed by atoms with Crippen LogP contribution in [0.15, 0.2) is 17.5 Å². The van der Waals surface area contributed by atoms with Crippen LogP contribution in [0.3, 0.4) is 0 Å². The molecule has 2 heteroatoms. The fraction of sp³-hybridized carbons (Fsp3) is 0.750. The van der Waals surface area contributed by atoms with Gasteiger partial charge in [-0.3, -0.25) is 0 Å². The topological polar surface area (TPSA) is 12.0 Å². The summed E-state index contributed by atoms with van der Waals surface area (Å²) in [5.41, 5.74) is 0.261. The first-order valence-corrected chi connectivity index (χ1v) is 8.25. The van der Waals surface area contributed by atoms with Gasteiger partial charge in [0.15, 0.2) is 0 Å². The number of rotatable bonds is 5. The lowest BCUT2D eigenvalue weighted by molar-refractivity contribution is 0.270. The summed E-state index contributed by atoms with van der Waals surface area (Å²) in [6.45, 7) is 8.16. The largest absolute Gasteiger partial charge is 0.313 e. The summed E-state index contributed by atoms with van der Waals surface area (Å²) in [7, 11) is 0. The molecule has 0 aliphatic heterocycles. The van der Waals surface area contributed by atoms with Crippen LogP contribution in [0.4, 0.5) is 0 Å². The molecule has 0 aromatic carbocycles. The van der Waals surface area contributed by atoms with Gasteiger partial charge in [0.2, 0.25) is 0 Å². The van der Waals surface area contributed by atoms with Crippen LogP contribution in [0.25, 0.3) is 0 Å². The van der Waals surface area contributed by atoms with Crippen molar-refractivity contribution < 1.29 is 0 Å². The van der Waals surface area contributed by atoms with Crippen molar-refractivity contribution in [2.24, 2.45) is 5.92 Å². The standard InChI is InChI=1S/C16H27NS/c1-13(14-8-5-4-6-9-14)17-12-16(2,3)15-10-7-11-18-15/h7,10-11,13-14,17H,4-6,8-9,12H2,1-3H3. The highest BCUT2D eigenvalue weighted by atomic mass is 32.1. The van der Waals surface area contributed by atoms with Crippen LogP contribution in [0.1, 0.15) is 57.8 Å². The Morgan fingerprint density at radius 3 is 2.67 bits per heavy atom. The lowest BCUT2D eigenvalue weighted by atomic mass is 9.83. The van der Waals surface area contributed by atoms with Crippen LogP contribution in [-0.2, 0) is 5.41 Å². The van der Waals surface area contributed by atoms with E-state index in [2.05, 4.69) is 43.6 Å². The molecule has 1 heterocycles. The third-order valence-electron chi connectivity index (χ3n) is 4.41. The van der Waals surface area contributed by atoms with E-state index in [1.165, 1.54) is 37.0 Å². The van der Waals surface area contributed by atoms with E-state index < -0.39 is 0 Å². The molecule has 0 amide bonds. The Hall–Kier alpha value is -0.340. The first-order valence-electron chi connectivity index (χ1n) is 7.37. The molecule has 0 radical (unpaired) electrons. The highest BCUT2D eigenvalue weighted by Crippen LogP contribution is 2.29. The van der Waals surface area contributed by atoms with Crippen LogP contribution >= 0.6 is 11.3 Å². The second-order valence-electron chi connectivity index (χ2n) is 6.43. The maximum Gasteiger partial charge on any atom is 0.0115 e. The molecule has 1 aromatic rings. The van der Waals surface area contributed by atoms with Gasteiger partial charge in [0, 0.05) is 22.9 Å². The molecule has 0 saturated heterocycles. The van der Waals surface area contributed by atoms with Crippen molar-refractivity contribution in [3.63, 3.8) is 0 Å². The Kier molecular flexibility index (Phi) is 4.85. The monoisotopic (exact) mass is 265 g/mol. The van der Waals surface area contributed by atoms with Gasteiger partial charge in [0.1, 0.15) is 0 Å². The van der Waals surface area contributed by atoms with Gasteiger partial charge in [-0.25, -0.2) is 0 Å². The highest BCUT2D eigenvalue weighted by Gasteiger charge is 2.25. The molecule has 1 N–H and O–H groups in total. The molecule has 2 rings (SSSR count). The molecule has 1 unspecified atom stereocenters. The molecule has 1 aromatic heterocycles. The summed E-state index contributed by atoms with van der Waals surface area (Å²) in [6, 6.07) is 5.09. The maximum atomic E-state index is 3.79. The van der Waals surface area contributed by atoms with E-state index in [0.29, 0.717) is 6.04 Å². The van der Waals surface area contributed by atoms with Gasteiger partial charge in [-0.2, -0.15) is 0 Å². The van der Waals surface area contributed by atoms with Gasteiger partial charge >= 0.3 is 0 Å². The molecule has 1 fully saturated rings. The van der Waals surface area contributed by atoms with Crippen molar-refractivity contribution in [3.05, 3.63) is 22.4 Å². The Bertz CT molecular complexity index is 336. The minimum absolute atomic E-state index is 0.261. The quantitative estimate of drug-likeness (QED) is 0.821. The van der Waals surface area contributed by atoms with Crippen LogP contribution in [-0.4, -0.2) is 12.6 Å². The average Bonchev–Trinajstić information content (AvgIpc) is 2.92. The van der Waals surface area contributed by atoms with E-state index in [1.807, 2.05) is 11.3 Å². The van der Waals surface area contributed by atoms with E-state index in [0.717, 1.165) is 12.5 Å². The van der Waals surface area contributed by atoms with E-state index in [1.54, 1.807) is 0 Å². The van der Waals surface area contributed by atoms with Gasteiger partial charge in [-0.1, -0.05) is 39.2 Å². The van der Waals surface area contributed by atoms with Crippen molar-refractivity contribution in [3.8, 4) is 0 Å². The molecular formula is C16H27NS. The Balaban J connectivity index is 1.83. The van der Waals surface area contributed by atoms with Crippen LogP contribution in [0.2, 0.25) is 0 Å². The summed E-state index contributed by atoms with van der Waals surface area (Å²) in [4.78, 5) is 1.49. The molecule has 18 heavy (non-hydrogen) atoms. The molecule has 1 nitrogen and oxygen atoms in total. The predicted molar refractivity (Wildman–Crippen MR) is 81.4 cm³/mol. The zero-order chi connectivity index (χ0) is 13.0. The summed E-state index contributed by atoms with van der Waals surface area (Å²) >= 11 is 1.88. The lowest BCUT2D eigenvalue weighted by Gasteiger charge is -2.32. The maximum absolute atomic E-state index is 3.79. The number of thiophene rings is 1. The van der Waals surface area contributed by atoms with Crippen molar-refractivity contribution in [1.29, 1.82) is 0 Å². The smallest absolute Gasteiger partial charge is 0.0115 e. The number of hydrogen-bond donors (Lipinski definition) is 1. The highest BCUT2D eigenvalue weighted by molar-refractivity contribution is 7.10. The third kappa shape index (κ3) is 3.58. The minimum atomic E-state index is 0.261. The normalized spacial score (nSPS) is 19.9. The molecule has 102 valence electrons. The van der Waals surface area contributed by atoms with Gasteiger partial charge in [0.05, 0.1) is 0 Å². The van der Waals surface area contributed by atoms with E-state index in [9.17, 15) is 0 Å². The lowest BCUT2D eigenvalue weighted by Crippen LogP contribution is -2.41. The zero-order valence-corrected chi connectivity index (χ0v) is 12.9. The molecule has 0 spiro atoms. The van der Waals surface area contributed by atoms with Crippen LogP contribution in [0, 0.1) is 5.92 Å². The molecular weight excluding hydrogens is 238 g/mol. The second-order valence-corrected chi connectivity index (χ2v) is 7.38. The van der Waals surface area contributed by atoms with Crippen molar-refractivity contribution >= 4 is 11.3 Å². The number of nitrogens with one attached hydrogen (secondary N) is 1. The zero-order valence-electron chi connectivity index (χ0n) is 12.0. The Labute approximate surface area is 116 Å². The predicted octanol–water partition coefficient (Wildman–Crippen LogP) is 4.58. The molecule has 1 saturated carbocycles. The van der Waals surface area contributed by atoms with Crippen molar-refractivity contribution in [2.75, 3.05) is 6.54 Å². The van der Waals surface area contributed by atoms with E-state index >= 15 is 0 Å². The molecule has 0 bridgehead atoms. The summed E-state index contributed by atoms with van der Waals surface area (Å²) in [6.07, 6.45) is 7.17. The molecule has 1 aliphatic rings. The third-order valence-corrected chi connectivity index (χ3v) is 5.65. The molecule has 1 atom stereocenters. The first kappa shape index (κ1) is 14.1. The van der Waals surface area contributed by atoms with E-state index in [4.69, 9.17) is 0 Å². The van der Waals surface area contributed by atoms with Crippen molar-refractivity contribution in [2.45, 2.75) is 64.3 Å². The first-order chi connectivity index (χ1) is 8.59. The summed E-state index contributed by atoms with van der Waals surface area (Å²) in [5, 5.41) is 5.97. The number of hydrogen-bond acceptors (Lipinski definition) is 2. The van der Waals surface area contributed by atoms with Gasteiger partial charge in [-0.15, -0.1) is 11.3 Å². The molecule has 1 aliphatic carbocycles. The SMILES string of the molecule is CC(NCC(C)(C)c1cccs1)C1CCCCC1. The van der Waals surface area contributed by atoms with Crippen molar-refractivity contribution in [1.82, 2.24) is 5.32 Å². The fourth-order valence-electron chi connectivity index (χ4n) is 2.97. The van der Waals surface area contributed by atoms with Crippen LogP contribution < -0.4 is 5.32 Å². The Morgan fingerprint density at radius 2 is 2.06 bits per heavy atom. The fourth-order valence-corrected chi connectivity index (χ4v) is 3.82. The summed E-state index contributed by atoms with van der Waals surface area (Å²) < 4.78 is 0. The minimum Gasteiger partial charge on any atom is -0.313 e. The average molecular weight is 265 g/mol. The summed E-state index contributed by atoms with van der Waals surface area (Å²) in [5.74, 6) is 0.901. The van der Waals surface area contributed by atoms with E-state index in [-0.39, 0.29) is 5.41 Å². The van der Waals surface area contributed by atoms with Crippen LogP contribution in [0.5, 0.6) is 0 Å². The van der Waals surface area contributed by atoms with Gasteiger partial charge in [0.25, 0.3) is 0 Å². The van der Waals surface area contributed by atoms with Gasteiger partial charge in [-0.05, 0) is 37.1 Å². The second kappa shape index (κ2) is 6.21.